The smallest absolute Gasteiger partial charge is 0.284 e. The van der Waals surface area contributed by atoms with Gasteiger partial charge in [0, 0.05) is 12.5 Å². The summed E-state index contributed by atoms with van der Waals surface area (Å²) in [5.74, 6) is -0.210. The topological polar surface area (TPSA) is 112 Å². The van der Waals surface area contributed by atoms with Gasteiger partial charge in [-0.15, -0.1) is 0 Å². The van der Waals surface area contributed by atoms with Crippen LogP contribution in [0.3, 0.4) is 0 Å². The third-order valence-electron chi connectivity index (χ3n) is 4.03. The molecule has 1 aliphatic rings. The number of hydrogen-bond donors (Lipinski definition) is 0. The molecule has 1 unspecified atom stereocenters. The average Bonchev–Trinajstić information content (AvgIpc) is 2.48. The number of nitro groups is 1. The molecular formula is C15H13N3O5. The van der Waals surface area contributed by atoms with Gasteiger partial charge in [-0.2, -0.15) is 0 Å². The zero-order valence-electron chi connectivity index (χ0n) is 12.3. The SMILES string of the molecule is Cc1nc2cccc([N+](=O)[O-])c2c(=O)n1C1CCC(=O)CC1=O. The van der Waals surface area contributed by atoms with E-state index in [0.29, 0.717) is 5.82 Å². The first kappa shape index (κ1) is 15.0. The van der Waals surface area contributed by atoms with E-state index in [0.717, 1.165) is 0 Å². The second-order valence-corrected chi connectivity index (χ2v) is 5.50. The van der Waals surface area contributed by atoms with Gasteiger partial charge in [-0.25, -0.2) is 4.98 Å². The zero-order chi connectivity index (χ0) is 16.7. The number of hydrogen-bond acceptors (Lipinski definition) is 6. The summed E-state index contributed by atoms with van der Waals surface area (Å²) in [4.78, 5) is 51.0. The van der Waals surface area contributed by atoms with Crippen molar-refractivity contribution >= 4 is 28.2 Å². The second-order valence-electron chi connectivity index (χ2n) is 5.50. The number of carbonyl (C=O) groups excluding carboxylic acids is 2. The molecule has 1 aromatic carbocycles. The number of benzene rings is 1. The van der Waals surface area contributed by atoms with Crippen molar-refractivity contribution in [2.45, 2.75) is 32.2 Å². The quantitative estimate of drug-likeness (QED) is 0.471. The van der Waals surface area contributed by atoms with Gasteiger partial charge in [-0.1, -0.05) is 6.07 Å². The van der Waals surface area contributed by atoms with Crippen molar-refractivity contribution in [1.82, 2.24) is 9.55 Å². The Morgan fingerprint density at radius 3 is 2.70 bits per heavy atom. The molecule has 0 N–H and O–H groups in total. The average molecular weight is 315 g/mol. The van der Waals surface area contributed by atoms with Crippen LogP contribution < -0.4 is 5.56 Å². The minimum absolute atomic E-state index is 0.118. The minimum Gasteiger partial charge on any atom is -0.299 e. The zero-order valence-corrected chi connectivity index (χ0v) is 12.3. The molecule has 1 aromatic heterocycles. The van der Waals surface area contributed by atoms with Crippen molar-refractivity contribution in [2.75, 3.05) is 0 Å². The van der Waals surface area contributed by atoms with Crippen molar-refractivity contribution in [3.8, 4) is 0 Å². The standard InChI is InChI=1S/C15H13N3O5/c1-8-16-10-3-2-4-12(18(22)23)14(10)15(21)17(8)11-6-5-9(19)7-13(11)20/h2-4,11H,5-7H2,1H3. The van der Waals surface area contributed by atoms with Crippen LogP contribution in [-0.2, 0) is 9.59 Å². The molecule has 8 heteroatoms. The van der Waals surface area contributed by atoms with E-state index in [1.807, 2.05) is 0 Å². The fourth-order valence-corrected chi connectivity index (χ4v) is 2.99. The number of fused-ring (bicyclic) bond motifs is 1. The summed E-state index contributed by atoms with van der Waals surface area (Å²) < 4.78 is 1.18. The van der Waals surface area contributed by atoms with Crippen molar-refractivity contribution in [3.63, 3.8) is 0 Å². The molecule has 23 heavy (non-hydrogen) atoms. The Kier molecular flexibility index (Phi) is 3.51. The Balaban J connectivity index is 2.28. The number of Topliss-reactive ketones (excluding diaryl/α,β-unsaturated/α-hetero) is 2. The Labute approximate surface area is 129 Å². The highest BCUT2D eigenvalue weighted by molar-refractivity contribution is 6.03. The third kappa shape index (κ3) is 2.41. The molecule has 0 aliphatic heterocycles. The molecule has 2 aromatic rings. The summed E-state index contributed by atoms with van der Waals surface area (Å²) in [6.45, 7) is 1.57. The van der Waals surface area contributed by atoms with Crippen molar-refractivity contribution in [1.29, 1.82) is 0 Å². The molecule has 0 spiro atoms. The molecule has 0 radical (unpaired) electrons. The molecule has 1 aliphatic carbocycles. The fourth-order valence-electron chi connectivity index (χ4n) is 2.99. The van der Waals surface area contributed by atoms with Crippen LogP contribution in [0.1, 0.15) is 31.1 Å². The van der Waals surface area contributed by atoms with Crippen LogP contribution in [0.2, 0.25) is 0 Å². The van der Waals surface area contributed by atoms with Crippen LogP contribution >= 0.6 is 0 Å². The van der Waals surface area contributed by atoms with E-state index >= 15 is 0 Å². The van der Waals surface area contributed by atoms with Gasteiger partial charge in [0.15, 0.2) is 5.78 Å². The van der Waals surface area contributed by atoms with Crippen molar-refractivity contribution in [2.24, 2.45) is 0 Å². The highest BCUT2D eigenvalue weighted by Gasteiger charge is 2.31. The monoisotopic (exact) mass is 315 g/mol. The van der Waals surface area contributed by atoms with E-state index in [9.17, 15) is 24.5 Å². The highest BCUT2D eigenvalue weighted by Crippen LogP contribution is 2.26. The van der Waals surface area contributed by atoms with Crippen LogP contribution in [0, 0.1) is 17.0 Å². The van der Waals surface area contributed by atoms with Crippen LogP contribution in [0.4, 0.5) is 5.69 Å². The van der Waals surface area contributed by atoms with Gasteiger partial charge in [-0.3, -0.25) is 29.1 Å². The second kappa shape index (κ2) is 5.38. The maximum atomic E-state index is 12.8. The van der Waals surface area contributed by atoms with Crippen LogP contribution in [-0.4, -0.2) is 26.0 Å². The Morgan fingerprint density at radius 1 is 1.30 bits per heavy atom. The summed E-state index contributed by atoms with van der Waals surface area (Å²) in [7, 11) is 0. The van der Waals surface area contributed by atoms with Gasteiger partial charge in [0.1, 0.15) is 17.0 Å². The predicted molar refractivity (Wildman–Crippen MR) is 80.3 cm³/mol. The first-order valence-electron chi connectivity index (χ1n) is 7.11. The van der Waals surface area contributed by atoms with E-state index in [1.165, 1.54) is 22.8 Å². The first-order chi connectivity index (χ1) is 10.9. The van der Waals surface area contributed by atoms with Crippen molar-refractivity contribution < 1.29 is 14.5 Å². The molecule has 1 atom stereocenters. The molecule has 8 nitrogen and oxygen atoms in total. The van der Waals surface area contributed by atoms with Crippen LogP contribution in [0.5, 0.6) is 0 Å². The number of non-ortho nitro benzene ring substituents is 1. The number of aromatic nitrogens is 2. The predicted octanol–water partition coefficient (Wildman–Crippen LogP) is 1.48. The number of aryl methyl sites for hydroxylation is 1. The molecule has 1 fully saturated rings. The number of carbonyl (C=O) groups is 2. The van der Waals surface area contributed by atoms with Gasteiger partial charge in [0.05, 0.1) is 22.9 Å². The minimum atomic E-state index is -0.795. The summed E-state index contributed by atoms with van der Waals surface area (Å²) in [6, 6.07) is 3.42. The van der Waals surface area contributed by atoms with Crippen LogP contribution in [0.15, 0.2) is 23.0 Å². The first-order valence-corrected chi connectivity index (χ1v) is 7.11. The molecule has 1 saturated carbocycles. The number of rotatable bonds is 2. The van der Waals surface area contributed by atoms with E-state index in [-0.39, 0.29) is 47.4 Å². The summed E-state index contributed by atoms with van der Waals surface area (Å²) in [6.07, 6.45) is 0.203. The molecule has 1 heterocycles. The molecule has 0 saturated heterocycles. The van der Waals surface area contributed by atoms with Gasteiger partial charge in [0.2, 0.25) is 0 Å². The van der Waals surface area contributed by atoms with Crippen LogP contribution in [0.25, 0.3) is 10.9 Å². The van der Waals surface area contributed by atoms with Gasteiger partial charge < -0.3 is 0 Å². The van der Waals surface area contributed by atoms with Gasteiger partial charge >= 0.3 is 0 Å². The van der Waals surface area contributed by atoms with Gasteiger partial charge in [-0.05, 0) is 19.4 Å². The fraction of sp³-hybridized carbons (Fsp3) is 0.333. The lowest BCUT2D eigenvalue weighted by molar-refractivity contribution is -0.383. The number of ketones is 2. The van der Waals surface area contributed by atoms with E-state index in [2.05, 4.69) is 4.98 Å². The maximum absolute atomic E-state index is 12.8. The Morgan fingerprint density at radius 2 is 2.04 bits per heavy atom. The molecular weight excluding hydrogens is 302 g/mol. The molecule has 3 rings (SSSR count). The maximum Gasteiger partial charge on any atom is 0.284 e. The molecule has 0 amide bonds. The van der Waals surface area contributed by atoms with E-state index in [4.69, 9.17) is 0 Å². The lowest BCUT2D eigenvalue weighted by Crippen LogP contribution is -2.36. The summed E-state index contributed by atoms with van der Waals surface area (Å²) >= 11 is 0. The largest absolute Gasteiger partial charge is 0.299 e. The third-order valence-corrected chi connectivity index (χ3v) is 4.03. The summed E-state index contributed by atoms with van der Waals surface area (Å²) in [5.41, 5.74) is -0.738. The van der Waals surface area contributed by atoms with Crippen molar-refractivity contribution in [3.05, 3.63) is 44.5 Å². The van der Waals surface area contributed by atoms with E-state index < -0.39 is 16.5 Å². The Hall–Kier alpha value is -2.90. The lowest BCUT2D eigenvalue weighted by Gasteiger charge is -2.23. The highest BCUT2D eigenvalue weighted by atomic mass is 16.6. The lowest BCUT2D eigenvalue weighted by atomic mass is 9.92. The number of nitrogens with zero attached hydrogens (tertiary/aromatic N) is 3. The normalized spacial score (nSPS) is 18.4. The van der Waals surface area contributed by atoms with E-state index in [1.54, 1.807) is 6.92 Å². The Bertz CT molecular complexity index is 915. The number of nitro benzene ring substituents is 1. The molecule has 118 valence electrons. The van der Waals surface area contributed by atoms with Gasteiger partial charge in [0.25, 0.3) is 11.2 Å². The summed E-state index contributed by atoms with van der Waals surface area (Å²) in [5, 5.41) is 11.0. The molecule has 0 bridgehead atoms.